The summed E-state index contributed by atoms with van der Waals surface area (Å²) in [5, 5.41) is 8.64. The van der Waals surface area contributed by atoms with Crippen molar-refractivity contribution in [2.45, 2.75) is 26.7 Å². The van der Waals surface area contributed by atoms with Crippen LogP contribution in [0, 0.1) is 17.2 Å². The first-order chi connectivity index (χ1) is 7.26. The summed E-state index contributed by atoms with van der Waals surface area (Å²) in [5.74, 6) is 0.750. The molecule has 0 fully saturated rings. The normalized spacial score (nSPS) is 12.6. The minimum Gasteiger partial charge on any atom is -0.192 e. The average molecular weight is 199 g/mol. The van der Waals surface area contributed by atoms with E-state index >= 15 is 0 Å². The molecule has 78 valence electrons. The van der Waals surface area contributed by atoms with E-state index in [4.69, 9.17) is 5.26 Å². The van der Waals surface area contributed by atoms with Gasteiger partial charge in [-0.1, -0.05) is 44.6 Å². The van der Waals surface area contributed by atoms with Gasteiger partial charge in [0.15, 0.2) is 0 Å². The number of rotatable bonds is 4. The minimum atomic E-state index is 0.717. The van der Waals surface area contributed by atoms with Crippen molar-refractivity contribution in [1.82, 2.24) is 0 Å². The molecule has 0 N–H and O–H groups in total. The highest BCUT2D eigenvalue weighted by molar-refractivity contribution is 5.50. The zero-order chi connectivity index (χ0) is 11.1. The maximum absolute atomic E-state index is 8.64. The monoisotopic (exact) mass is 199 g/mol. The predicted octanol–water partition coefficient (Wildman–Crippen LogP) is 4.01. The van der Waals surface area contributed by atoms with Crippen molar-refractivity contribution in [1.29, 1.82) is 5.26 Å². The molecule has 1 aromatic rings. The predicted molar refractivity (Wildman–Crippen MR) is 64.3 cm³/mol. The number of benzene rings is 1. The fourth-order valence-electron chi connectivity index (χ4n) is 1.27. The van der Waals surface area contributed by atoms with Crippen LogP contribution in [-0.4, -0.2) is 0 Å². The molecule has 0 saturated carbocycles. The molecule has 1 atom stereocenters. The van der Waals surface area contributed by atoms with Gasteiger partial charge in [0.05, 0.1) is 11.6 Å². The Morgan fingerprint density at radius 2 is 2.00 bits per heavy atom. The van der Waals surface area contributed by atoms with Crippen LogP contribution in [0.15, 0.2) is 30.3 Å². The lowest BCUT2D eigenvalue weighted by atomic mass is 10.0. The van der Waals surface area contributed by atoms with Gasteiger partial charge in [0.25, 0.3) is 0 Å². The molecule has 1 aromatic carbocycles. The third kappa shape index (κ3) is 3.99. The Labute approximate surface area is 92.1 Å². The second kappa shape index (κ2) is 6.03. The first-order valence-corrected chi connectivity index (χ1v) is 5.43. The number of allylic oxidation sites excluding steroid dienone is 1. The van der Waals surface area contributed by atoms with E-state index in [0.29, 0.717) is 5.56 Å². The topological polar surface area (TPSA) is 23.8 Å². The molecule has 0 aliphatic rings. The van der Waals surface area contributed by atoms with Crippen molar-refractivity contribution in [2.24, 2.45) is 5.92 Å². The molecule has 0 spiro atoms. The van der Waals surface area contributed by atoms with E-state index < -0.39 is 0 Å². The van der Waals surface area contributed by atoms with Gasteiger partial charge in [-0.25, -0.2) is 0 Å². The van der Waals surface area contributed by atoms with Gasteiger partial charge in [-0.3, -0.25) is 0 Å². The van der Waals surface area contributed by atoms with Crippen LogP contribution < -0.4 is 0 Å². The highest BCUT2D eigenvalue weighted by Gasteiger charge is 1.94. The summed E-state index contributed by atoms with van der Waals surface area (Å²) in [7, 11) is 0. The fourth-order valence-corrected chi connectivity index (χ4v) is 1.27. The van der Waals surface area contributed by atoms with Crippen LogP contribution in [0.25, 0.3) is 6.08 Å². The number of hydrogen-bond acceptors (Lipinski definition) is 1. The molecule has 0 bridgehead atoms. The molecule has 0 aromatic heterocycles. The van der Waals surface area contributed by atoms with Gasteiger partial charge in [0.2, 0.25) is 0 Å². The van der Waals surface area contributed by atoms with Gasteiger partial charge < -0.3 is 0 Å². The highest BCUT2D eigenvalue weighted by atomic mass is 14.2. The summed E-state index contributed by atoms with van der Waals surface area (Å²) < 4.78 is 0. The Morgan fingerprint density at radius 3 is 2.53 bits per heavy atom. The maximum atomic E-state index is 8.64. The quantitative estimate of drug-likeness (QED) is 0.718. The number of nitrogens with zero attached hydrogens (tertiary/aromatic N) is 1. The SMILES string of the molecule is CCC(C)C/C=C/c1ccc(C#N)cc1. The molecule has 1 rings (SSSR count). The van der Waals surface area contributed by atoms with E-state index in [1.165, 1.54) is 6.42 Å². The first kappa shape index (κ1) is 11.5. The molecular weight excluding hydrogens is 182 g/mol. The maximum Gasteiger partial charge on any atom is 0.0991 e. The largest absolute Gasteiger partial charge is 0.192 e. The molecule has 0 aliphatic heterocycles. The van der Waals surface area contributed by atoms with E-state index in [9.17, 15) is 0 Å². The molecule has 0 saturated heterocycles. The van der Waals surface area contributed by atoms with Crippen LogP contribution in [0.1, 0.15) is 37.8 Å². The van der Waals surface area contributed by atoms with Crippen LogP contribution >= 0.6 is 0 Å². The fraction of sp³-hybridized carbons (Fsp3) is 0.357. The molecule has 1 heteroatoms. The second-order valence-electron chi connectivity index (χ2n) is 3.89. The van der Waals surface area contributed by atoms with Gasteiger partial charge in [-0.2, -0.15) is 5.26 Å². The smallest absolute Gasteiger partial charge is 0.0991 e. The lowest BCUT2D eigenvalue weighted by Gasteiger charge is -2.02. The Hall–Kier alpha value is -1.55. The highest BCUT2D eigenvalue weighted by Crippen LogP contribution is 2.10. The summed E-state index contributed by atoms with van der Waals surface area (Å²) in [6.45, 7) is 4.46. The van der Waals surface area contributed by atoms with E-state index in [-0.39, 0.29) is 0 Å². The molecule has 1 nitrogen and oxygen atoms in total. The molecule has 0 aliphatic carbocycles. The minimum absolute atomic E-state index is 0.717. The van der Waals surface area contributed by atoms with E-state index in [2.05, 4.69) is 32.1 Å². The van der Waals surface area contributed by atoms with E-state index in [1.54, 1.807) is 0 Å². The average Bonchev–Trinajstić information content (AvgIpc) is 2.29. The van der Waals surface area contributed by atoms with Crippen LogP contribution in [0.5, 0.6) is 0 Å². The Balaban J connectivity index is 2.54. The van der Waals surface area contributed by atoms with E-state index in [1.807, 2.05) is 24.3 Å². The molecule has 0 radical (unpaired) electrons. The summed E-state index contributed by atoms with van der Waals surface area (Å²) in [6.07, 6.45) is 6.66. The van der Waals surface area contributed by atoms with Gasteiger partial charge in [-0.15, -0.1) is 0 Å². The van der Waals surface area contributed by atoms with Crippen molar-refractivity contribution in [3.8, 4) is 6.07 Å². The summed E-state index contributed by atoms with van der Waals surface area (Å²) in [5.41, 5.74) is 1.88. The third-order valence-electron chi connectivity index (χ3n) is 2.59. The number of hydrogen-bond donors (Lipinski definition) is 0. The van der Waals surface area contributed by atoms with E-state index in [0.717, 1.165) is 17.9 Å². The molecule has 15 heavy (non-hydrogen) atoms. The summed E-state index contributed by atoms with van der Waals surface area (Å²) in [6, 6.07) is 9.77. The number of nitriles is 1. The van der Waals surface area contributed by atoms with Crippen LogP contribution in [-0.2, 0) is 0 Å². The Kier molecular flexibility index (Phi) is 4.63. The van der Waals surface area contributed by atoms with Gasteiger partial charge in [0, 0.05) is 0 Å². The molecule has 0 amide bonds. The van der Waals surface area contributed by atoms with Crippen molar-refractivity contribution >= 4 is 6.08 Å². The van der Waals surface area contributed by atoms with Crippen LogP contribution in [0.4, 0.5) is 0 Å². The van der Waals surface area contributed by atoms with Crippen molar-refractivity contribution in [3.05, 3.63) is 41.5 Å². The summed E-state index contributed by atoms with van der Waals surface area (Å²) >= 11 is 0. The zero-order valence-electron chi connectivity index (χ0n) is 9.40. The van der Waals surface area contributed by atoms with Crippen molar-refractivity contribution in [3.63, 3.8) is 0 Å². The molecular formula is C14H17N. The Bertz CT molecular complexity index is 354. The summed E-state index contributed by atoms with van der Waals surface area (Å²) in [4.78, 5) is 0. The molecule has 0 heterocycles. The van der Waals surface area contributed by atoms with Gasteiger partial charge in [-0.05, 0) is 30.0 Å². The van der Waals surface area contributed by atoms with Crippen molar-refractivity contribution < 1.29 is 0 Å². The van der Waals surface area contributed by atoms with Gasteiger partial charge in [0.1, 0.15) is 0 Å². The van der Waals surface area contributed by atoms with Crippen LogP contribution in [0.3, 0.4) is 0 Å². The van der Waals surface area contributed by atoms with Crippen molar-refractivity contribution in [2.75, 3.05) is 0 Å². The van der Waals surface area contributed by atoms with Gasteiger partial charge >= 0.3 is 0 Å². The van der Waals surface area contributed by atoms with Crippen LogP contribution in [0.2, 0.25) is 0 Å². The standard InChI is InChI=1S/C14H17N/c1-3-12(2)5-4-6-13-7-9-14(11-15)10-8-13/h4,6-10,12H,3,5H2,1-2H3/b6-4+. The lowest BCUT2D eigenvalue weighted by Crippen LogP contribution is -1.87. The Morgan fingerprint density at radius 1 is 1.33 bits per heavy atom. The molecule has 1 unspecified atom stereocenters. The first-order valence-electron chi connectivity index (χ1n) is 5.43. The second-order valence-corrected chi connectivity index (χ2v) is 3.89. The zero-order valence-corrected chi connectivity index (χ0v) is 9.40. The third-order valence-corrected chi connectivity index (χ3v) is 2.59. The lowest BCUT2D eigenvalue weighted by molar-refractivity contribution is 0.573.